The highest BCUT2D eigenvalue weighted by molar-refractivity contribution is 6.07. The van der Waals surface area contributed by atoms with Crippen molar-refractivity contribution in [3.05, 3.63) is 66.5 Å². The molecular weight excluding hydrogens is 558 g/mol. The third kappa shape index (κ3) is 4.84. The van der Waals surface area contributed by atoms with Crippen molar-refractivity contribution in [3.63, 3.8) is 0 Å². The molecular formula is C31H35N11O2. The van der Waals surface area contributed by atoms with Crippen molar-refractivity contribution >= 4 is 39.5 Å². The predicted molar refractivity (Wildman–Crippen MR) is 169 cm³/mol. The lowest BCUT2D eigenvalue weighted by atomic mass is 10.0. The molecule has 4 aromatic heterocycles. The largest absolute Gasteiger partial charge is 0.495 e. The summed E-state index contributed by atoms with van der Waals surface area (Å²) >= 11 is 0. The first-order valence-electron chi connectivity index (χ1n) is 14.7. The van der Waals surface area contributed by atoms with E-state index < -0.39 is 0 Å². The monoisotopic (exact) mass is 593 g/mol. The maximum atomic E-state index is 13.3. The normalized spacial score (nSPS) is 16.0. The number of fused-ring (bicyclic) bond motifs is 2. The second-order valence-electron chi connectivity index (χ2n) is 11.3. The van der Waals surface area contributed by atoms with Crippen molar-refractivity contribution in [2.24, 2.45) is 7.05 Å². The van der Waals surface area contributed by atoms with Crippen LogP contribution in [0.1, 0.15) is 29.4 Å². The molecule has 0 atom stereocenters. The van der Waals surface area contributed by atoms with E-state index in [0.717, 1.165) is 55.7 Å². The summed E-state index contributed by atoms with van der Waals surface area (Å²) in [5.41, 5.74) is 11.7. The molecule has 1 amide bonds. The van der Waals surface area contributed by atoms with Crippen molar-refractivity contribution in [2.75, 3.05) is 51.5 Å². The SMILES string of the molecule is COc1cc(-c2nn(C3CCN(CC4=CNCN4C)CC3)c3ncnc(N)c23)ccc1NC(=O)c1cc2cccnc2n1C. The Morgan fingerprint density at radius 1 is 1.11 bits per heavy atom. The van der Waals surface area contributed by atoms with Gasteiger partial charge in [-0.1, -0.05) is 6.07 Å². The van der Waals surface area contributed by atoms with Gasteiger partial charge < -0.3 is 30.6 Å². The number of amides is 1. The van der Waals surface area contributed by atoms with Crippen molar-refractivity contribution in [2.45, 2.75) is 18.9 Å². The van der Waals surface area contributed by atoms with Crippen LogP contribution in [-0.4, -0.2) is 85.5 Å². The second-order valence-corrected chi connectivity index (χ2v) is 11.3. The number of likely N-dealkylation sites (N-methyl/N-ethyl adjacent to an activating group) is 1. The van der Waals surface area contributed by atoms with Gasteiger partial charge in [0.15, 0.2) is 5.65 Å². The van der Waals surface area contributed by atoms with Crippen LogP contribution in [0.3, 0.4) is 0 Å². The summed E-state index contributed by atoms with van der Waals surface area (Å²) in [6.07, 6.45) is 7.20. The first-order valence-corrected chi connectivity index (χ1v) is 14.7. The maximum absolute atomic E-state index is 13.3. The summed E-state index contributed by atoms with van der Waals surface area (Å²) in [5.74, 6) is 0.611. The number of methoxy groups -OCH3 is 1. The quantitative estimate of drug-likeness (QED) is 0.257. The van der Waals surface area contributed by atoms with Crippen LogP contribution in [0.25, 0.3) is 33.3 Å². The number of aryl methyl sites for hydroxylation is 1. The summed E-state index contributed by atoms with van der Waals surface area (Å²) < 4.78 is 9.51. The van der Waals surface area contributed by atoms with E-state index in [1.54, 1.807) is 17.9 Å². The van der Waals surface area contributed by atoms with E-state index in [-0.39, 0.29) is 11.9 Å². The molecule has 7 rings (SSSR count). The number of hydrogen-bond acceptors (Lipinski definition) is 10. The number of rotatable bonds is 7. The smallest absolute Gasteiger partial charge is 0.272 e. The number of ether oxygens (including phenoxy) is 1. The lowest BCUT2D eigenvalue weighted by Crippen LogP contribution is -2.37. The molecule has 5 aromatic rings. The van der Waals surface area contributed by atoms with Gasteiger partial charge in [0.05, 0.1) is 30.9 Å². The number of pyridine rings is 1. The molecule has 0 radical (unpaired) electrons. The topological polar surface area (TPSA) is 144 Å². The summed E-state index contributed by atoms with van der Waals surface area (Å²) in [7, 11) is 5.51. The van der Waals surface area contributed by atoms with E-state index in [0.29, 0.717) is 39.7 Å². The van der Waals surface area contributed by atoms with Crippen molar-refractivity contribution in [1.29, 1.82) is 0 Å². The molecule has 1 aromatic carbocycles. The Morgan fingerprint density at radius 2 is 1.95 bits per heavy atom. The lowest BCUT2D eigenvalue weighted by molar-refractivity contribution is 0.101. The van der Waals surface area contributed by atoms with Gasteiger partial charge in [0.1, 0.15) is 34.9 Å². The number of likely N-dealkylation sites (tertiary alicyclic amines) is 1. The number of carbonyl (C=O) groups excluding carboxylic acids is 1. The number of anilines is 2. The van der Waals surface area contributed by atoms with E-state index in [4.69, 9.17) is 15.6 Å². The zero-order chi connectivity index (χ0) is 30.4. The third-order valence-electron chi connectivity index (χ3n) is 8.64. The summed E-state index contributed by atoms with van der Waals surface area (Å²) in [6, 6.07) is 11.4. The molecule has 44 heavy (non-hydrogen) atoms. The van der Waals surface area contributed by atoms with Gasteiger partial charge in [-0.2, -0.15) is 5.10 Å². The number of carbonyl (C=O) groups is 1. The highest BCUT2D eigenvalue weighted by Gasteiger charge is 2.27. The number of nitrogens with two attached hydrogens (primary N) is 1. The molecule has 13 nitrogen and oxygen atoms in total. The molecule has 0 unspecified atom stereocenters. The zero-order valence-electron chi connectivity index (χ0n) is 25.0. The number of nitrogens with one attached hydrogen (secondary N) is 2. The van der Waals surface area contributed by atoms with Gasteiger partial charge >= 0.3 is 0 Å². The van der Waals surface area contributed by atoms with E-state index in [1.165, 1.54) is 12.0 Å². The van der Waals surface area contributed by atoms with E-state index in [2.05, 4.69) is 48.6 Å². The van der Waals surface area contributed by atoms with Gasteiger partial charge in [0.2, 0.25) is 0 Å². The van der Waals surface area contributed by atoms with Gasteiger partial charge in [-0.05, 0) is 43.2 Å². The molecule has 226 valence electrons. The molecule has 0 spiro atoms. The van der Waals surface area contributed by atoms with Gasteiger partial charge in [-0.3, -0.25) is 9.69 Å². The van der Waals surface area contributed by atoms with Crippen LogP contribution in [0.15, 0.2) is 60.8 Å². The number of piperidine rings is 1. The van der Waals surface area contributed by atoms with Crippen molar-refractivity contribution in [1.82, 2.24) is 44.4 Å². The second kappa shape index (κ2) is 11.2. The first-order chi connectivity index (χ1) is 21.4. The third-order valence-corrected chi connectivity index (χ3v) is 8.64. The molecule has 6 heterocycles. The number of nitrogens with zero attached hydrogens (tertiary/aromatic N) is 8. The van der Waals surface area contributed by atoms with Crippen LogP contribution in [0, 0.1) is 0 Å². The maximum Gasteiger partial charge on any atom is 0.272 e. The highest BCUT2D eigenvalue weighted by Crippen LogP contribution is 2.37. The van der Waals surface area contributed by atoms with Crippen LogP contribution >= 0.6 is 0 Å². The Bertz CT molecular complexity index is 1900. The van der Waals surface area contributed by atoms with Crippen LogP contribution in [0.5, 0.6) is 5.75 Å². The van der Waals surface area contributed by atoms with Gasteiger partial charge in [0.25, 0.3) is 5.91 Å². The van der Waals surface area contributed by atoms with Gasteiger partial charge in [0, 0.05) is 62.8 Å². The molecule has 2 aliphatic heterocycles. The predicted octanol–water partition coefficient (Wildman–Crippen LogP) is 3.19. The van der Waals surface area contributed by atoms with E-state index in [1.807, 2.05) is 48.1 Å². The first kappa shape index (κ1) is 27.7. The van der Waals surface area contributed by atoms with Crippen LogP contribution in [-0.2, 0) is 7.05 Å². The average Bonchev–Trinajstić information content (AvgIpc) is 3.73. The molecule has 2 aliphatic rings. The number of aromatic nitrogens is 6. The fourth-order valence-corrected chi connectivity index (χ4v) is 6.19. The van der Waals surface area contributed by atoms with E-state index in [9.17, 15) is 4.79 Å². The molecule has 1 fully saturated rings. The number of benzene rings is 1. The highest BCUT2D eigenvalue weighted by atomic mass is 16.5. The minimum Gasteiger partial charge on any atom is -0.495 e. The Kier molecular flexibility index (Phi) is 7.01. The standard InChI is InChI=1S/C31H35N11O2/c1-39-18-33-15-22(39)16-41-11-8-21(9-12-41)42-30-26(28(32)35-17-36-30)27(38-42)19-6-7-23(25(14-19)44-3)37-31(43)24-13-20-5-4-10-34-29(20)40(24)2/h4-7,10,13-15,17,21,33H,8-9,11-12,16,18H2,1-3H3,(H,37,43)(H2,32,35,36). The minimum atomic E-state index is -0.262. The molecule has 0 bridgehead atoms. The van der Waals surface area contributed by atoms with Crippen LogP contribution < -0.4 is 21.1 Å². The Morgan fingerprint density at radius 3 is 2.70 bits per heavy atom. The lowest BCUT2D eigenvalue weighted by Gasteiger charge is -2.33. The zero-order valence-corrected chi connectivity index (χ0v) is 25.0. The summed E-state index contributed by atoms with van der Waals surface area (Å²) in [4.78, 5) is 31.3. The summed E-state index contributed by atoms with van der Waals surface area (Å²) in [5, 5.41) is 13.0. The number of hydrogen-bond donors (Lipinski definition) is 3. The Balaban J connectivity index is 1.15. The molecule has 0 saturated carbocycles. The molecule has 1 saturated heterocycles. The minimum absolute atomic E-state index is 0.181. The van der Waals surface area contributed by atoms with Crippen LogP contribution in [0.2, 0.25) is 0 Å². The van der Waals surface area contributed by atoms with E-state index >= 15 is 0 Å². The summed E-state index contributed by atoms with van der Waals surface area (Å²) in [6.45, 7) is 3.70. The number of nitrogen functional groups attached to an aromatic ring is 1. The van der Waals surface area contributed by atoms with Crippen molar-refractivity contribution in [3.8, 4) is 17.0 Å². The fraction of sp³-hybridized carbons (Fsp3) is 0.323. The Hall–Kier alpha value is -5.17. The fourth-order valence-electron chi connectivity index (χ4n) is 6.19. The molecule has 0 aliphatic carbocycles. The Labute approximate surface area is 254 Å². The van der Waals surface area contributed by atoms with Crippen LogP contribution in [0.4, 0.5) is 11.5 Å². The molecule has 4 N–H and O–H groups in total. The average molecular weight is 594 g/mol. The van der Waals surface area contributed by atoms with Gasteiger partial charge in [-0.25, -0.2) is 19.6 Å². The van der Waals surface area contributed by atoms with Gasteiger partial charge in [-0.15, -0.1) is 0 Å². The van der Waals surface area contributed by atoms with Crippen molar-refractivity contribution < 1.29 is 9.53 Å². The molecule has 13 heteroatoms.